The lowest BCUT2D eigenvalue weighted by atomic mass is 10.1. The zero-order chi connectivity index (χ0) is 21.2. The Labute approximate surface area is 180 Å². The zero-order valence-electron chi connectivity index (χ0n) is 17.2. The average Bonchev–Trinajstić information content (AvgIpc) is 3.41. The van der Waals surface area contributed by atoms with Crippen LogP contribution in [0.2, 0.25) is 0 Å². The Balaban J connectivity index is 1.24. The molecule has 2 aromatic carbocycles. The lowest BCUT2D eigenvalue weighted by Gasteiger charge is -2.30. The number of anilines is 2. The van der Waals surface area contributed by atoms with Gasteiger partial charge in [-0.1, -0.05) is 18.2 Å². The van der Waals surface area contributed by atoms with Crippen LogP contribution in [-0.4, -0.2) is 56.4 Å². The predicted molar refractivity (Wildman–Crippen MR) is 114 cm³/mol. The van der Waals surface area contributed by atoms with Crippen molar-refractivity contribution in [3.05, 3.63) is 48.0 Å². The molecule has 2 fully saturated rings. The number of likely N-dealkylation sites (tertiary alicyclic amines) is 1. The van der Waals surface area contributed by atoms with Gasteiger partial charge in [0.05, 0.1) is 30.5 Å². The van der Waals surface area contributed by atoms with E-state index in [1.807, 2.05) is 42.5 Å². The molecule has 3 aliphatic rings. The number of hydrogen-bond acceptors (Lipinski definition) is 6. The van der Waals surface area contributed by atoms with Crippen LogP contribution >= 0.6 is 0 Å². The van der Waals surface area contributed by atoms with Gasteiger partial charge in [-0.05, 0) is 29.8 Å². The van der Waals surface area contributed by atoms with Crippen LogP contribution in [-0.2, 0) is 20.9 Å². The molecule has 1 atom stereocenters. The molecular formula is C23H25N3O5. The highest BCUT2D eigenvalue weighted by Gasteiger charge is 2.35. The molecule has 0 saturated carbocycles. The summed E-state index contributed by atoms with van der Waals surface area (Å²) in [6, 6.07) is 13.5. The first-order chi connectivity index (χ1) is 15.2. The second-order valence-electron chi connectivity index (χ2n) is 7.97. The molecule has 8 nitrogen and oxygen atoms in total. The first-order valence-electron chi connectivity index (χ1n) is 10.6. The molecule has 162 valence electrons. The molecule has 3 aliphatic heterocycles. The van der Waals surface area contributed by atoms with E-state index in [1.165, 1.54) is 0 Å². The molecule has 1 N–H and O–H groups in total. The van der Waals surface area contributed by atoms with E-state index >= 15 is 0 Å². The summed E-state index contributed by atoms with van der Waals surface area (Å²) in [6.07, 6.45) is 0.218. The number of nitrogens with one attached hydrogen (secondary N) is 1. The van der Waals surface area contributed by atoms with Gasteiger partial charge in [0, 0.05) is 32.6 Å². The van der Waals surface area contributed by atoms with Crippen LogP contribution in [0.25, 0.3) is 0 Å². The van der Waals surface area contributed by atoms with Crippen molar-refractivity contribution in [2.75, 3.05) is 49.9 Å². The van der Waals surface area contributed by atoms with Crippen molar-refractivity contribution in [2.24, 2.45) is 5.92 Å². The lowest BCUT2D eigenvalue weighted by Crippen LogP contribution is -2.37. The molecule has 3 heterocycles. The monoisotopic (exact) mass is 423 g/mol. The van der Waals surface area contributed by atoms with E-state index in [0.717, 1.165) is 30.0 Å². The first-order valence-corrected chi connectivity index (χ1v) is 10.6. The number of morpholine rings is 1. The molecule has 8 heteroatoms. The number of rotatable bonds is 5. The van der Waals surface area contributed by atoms with Crippen LogP contribution in [0.4, 0.5) is 11.4 Å². The molecular weight excluding hydrogens is 398 g/mol. The standard InChI is InChI=1S/C23H25N3O5/c27-22-12-17(14-26(22)13-16-5-6-20-21(11-16)31-15-30-20)23(28)24-18-3-1-2-4-19(18)25-7-9-29-10-8-25/h1-6,11,17H,7-10,12-15H2,(H,24,28). The van der Waals surface area contributed by atoms with E-state index < -0.39 is 0 Å². The van der Waals surface area contributed by atoms with Gasteiger partial charge in [-0.3, -0.25) is 9.59 Å². The van der Waals surface area contributed by atoms with E-state index in [4.69, 9.17) is 14.2 Å². The molecule has 2 amide bonds. The molecule has 0 bridgehead atoms. The van der Waals surface area contributed by atoms with Crippen molar-refractivity contribution in [3.8, 4) is 11.5 Å². The number of para-hydroxylation sites is 2. The number of ether oxygens (including phenoxy) is 3. The summed E-state index contributed by atoms with van der Waals surface area (Å²) in [7, 11) is 0. The van der Waals surface area contributed by atoms with Crippen molar-refractivity contribution >= 4 is 23.2 Å². The highest BCUT2D eigenvalue weighted by Crippen LogP contribution is 2.34. The Morgan fingerprint density at radius 3 is 2.74 bits per heavy atom. The number of benzene rings is 2. The van der Waals surface area contributed by atoms with Crippen molar-refractivity contribution in [1.29, 1.82) is 0 Å². The largest absolute Gasteiger partial charge is 0.454 e. The average molecular weight is 423 g/mol. The van der Waals surface area contributed by atoms with Crippen LogP contribution < -0.4 is 19.7 Å². The summed E-state index contributed by atoms with van der Waals surface area (Å²) in [6.45, 7) is 4.00. The Morgan fingerprint density at radius 2 is 1.87 bits per heavy atom. The smallest absolute Gasteiger partial charge is 0.231 e. The van der Waals surface area contributed by atoms with Crippen LogP contribution in [0, 0.1) is 5.92 Å². The second kappa shape index (κ2) is 8.47. The van der Waals surface area contributed by atoms with Crippen molar-refractivity contribution in [3.63, 3.8) is 0 Å². The van der Waals surface area contributed by atoms with Gasteiger partial charge < -0.3 is 29.3 Å². The third-order valence-corrected chi connectivity index (χ3v) is 5.91. The van der Waals surface area contributed by atoms with Gasteiger partial charge in [0.15, 0.2) is 11.5 Å². The normalized spacial score (nSPS) is 20.3. The molecule has 0 aliphatic carbocycles. The van der Waals surface area contributed by atoms with Crippen LogP contribution in [0.3, 0.4) is 0 Å². The third-order valence-electron chi connectivity index (χ3n) is 5.91. The van der Waals surface area contributed by atoms with Gasteiger partial charge in [-0.15, -0.1) is 0 Å². The van der Waals surface area contributed by atoms with Crippen molar-refractivity contribution in [2.45, 2.75) is 13.0 Å². The van der Waals surface area contributed by atoms with E-state index in [0.29, 0.717) is 37.8 Å². The minimum atomic E-state index is -0.376. The Kier molecular flexibility index (Phi) is 5.38. The molecule has 31 heavy (non-hydrogen) atoms. The topological polar surface area (TPSA) is 80.3 Å². The minimum Gasteiger partial charge on any atom is -0.454 e. The van der Waals surface area contributed by atoms with Crippen LogP contribution in [0.15, 0.2) is 42.5 Å². The van der Waals surface area contributed by atoms with Gasteiger partial charge in [0.2, 0.25) is 18.6 Å². The third kappa shape index (κ3) is 4.16. The maximum Gasteiger partial charge on any atom is 0.231 e. The molecule has 2 aromatic rings. The number of fused-ring (bicyclic) bond motifs is 1. The van der Waals surface area contributed by atoms with Gasteiger partial charge in [0.1, 0.15) is 0 Å². The maximum atomic E-state index is 13.0. The van der Waals surface area contributed by atoms with Crippen LogP contribution in [0.1, 0.15) is 12.0 Å². The highest BCUT2D eigenvalue weighted by molar-refractivity contribution is 5.99. The van der Waals surface area contributed by atoms with E-state index in [2.05, 4.69) is 10.2 Å². The number of hydrogen-bond donors (Lipinski definition) is 1. The SMILES string of the molecule is O=C(Nc1ccccc1N1CCOCC1)C1CC(=O)N(Cc2ccc3c(c2)OCO3)C1. The molecule has 0 aromatic heterocycles. The van der Waals surface area contributed by atoms with Crippen LogP contribution in [0.5, 0.6) is 11.5 Å². The number of carbonyl (C=O) groups is 2. The fraction of sp³-hybridized carbons (Fsp3) is 0.391. The summed E-state index contributed by atoms with van der Waals surface area (Å²) in [4.78, 5) is 29.5. The Bertz CT molecular complexity index is 989. The fourth-order valence-electron chi connectivity index (χ4n) is 4.25. The number of nitrogens with zero attached hydrogens (tertiary/aromatic N) is 2. The zero-order valence-corrected chi connectivity index (χ0v) is 17.2. The van der Waals surface area contributed by atoms with E-state index in [9.17, 15) is 9.59 Å². The minimum absolute atomic E-state index is 0.0146. The molecule has 2 saturated heterocycles. The lowest BCUT2D eigenvalue weighted by molar-refractivity contribution is -0.128. The number of carbonyl (C=O) groups excluding carboxylic acids is 2. The summed E-state index contributed by atoms with van der Waals surface area (Å²) in [5.41, 5.74) is 2.72. The molecule has 1 unspecified atom stereocenters. The van der Waals surface area contributed by atoms with E-state index in [-0.39, 0.29) is 30.9 Å². The quantitative estimate of drug-likeness (QED) is 0.795. The summed E-state index contributed by atoms with van der Waals surface area (Å²) in [5.74, 6) is 0.895. The molecule has 5 rings (SSSR count). The Morgan fingerprint density at radius 1 is 1.06 bits per heavy atom. The van der Waals surface area contributed by atoms with Crippen molar-refractivity contribution < 1.29 is 23.8 Å². The second-order valence-corrected chi connectivity index (χ2v) is 7.97. The Hall–Kier alpha value is -3.26. The summed E-state index contributed by atoms with van der Waals surface area (Å²) in [5, 5.41) is 3.05. The maximum absolute atomic E-state index is 13.0. The predicted octanol–water partition coefficient (Wildman–Crippen LogP) is 2.24. The highest BCUT2D eigenvalue weighted by atomic mass is 16.7. The first kappa shape index (κ1) is 19.7. The molecule has 0 radical (unpaired) electrons. The molecule has 0 spiro atoms. The van der Waals surface area contributed by atoms with E-state index in [1.54, 1.807) is 4.90 Å². The number of amides is 2. The van der Waals surface area contributed by atoms with Gasteiger partial charge in [0.25, 0.3) is 0 Å². The van der Waals surface area contributed by atoms with Gasteiger partial charge in [-0.25, -0.2) is 0 Å². The summed E-state index contributed by atoms with van der Waals surface area (Å²) >= 11 is 0. The van der Waals surface area contributed by atoms with Gasteiger partial charge in [-0.2, -0.15) is 0 Å². The van der Waals surface area contributed by atoms with Gasteiger partial charge >= 0.3 is 0 Å². The van der Waals surface area contributed by atoms with Crippen molar-refractivity contribution in [1.82, 2.24) is 4.90 Å². The summed E-state index contributed by atoms with van der Waals surface area (Å²) < 4.78 is 16.2. The fourth-order valence-corrected chi connectivity index (χ4v) is 4.25.